The Morgan fingerprint density at radius 3 is 2.15 bits per heavy atom. The molecule has 1 atom stereocenters. The molecule has 20 heavy (non-hydrogen) atoms. The molecule has 1 aromatic rings. The highest BCUT2D eigenvalue weighted by Crippen LogP contribution is 2.40. The zero-order valence-corrected chi connectivity index (χ0v) is 11.9. The van der Waals surface area contributed by atoms with Gasteiger partial charge in [-0.1, -0.05) is 0 Å². The highest BCUT2D eigenvalue weighted by atomic mass is 35.5. The van der Waals surface area contributed by atoms with Crippen molar-refractivity contribution in [2.75, 3.05) is 32.8 Å². The van der Waals surface area contributed by atoms with E-state index in [-0.39, 0.29) is 42.3 Å². The third kappa shape index (κ3) is 3.67. The molecule has 1 heterocycles. The van der Waals surface area contributed by atoms with Gasteiger partial charge in [0.2, 0.25) is 0 Å². The molecule has 0 saturated carbocycles. The van der Waals surface area contributed by atoms with E-state index in [1.54, 1.807) is 0 Å². The Morgan fingerprint density at radius 2 is 1.65 bits per heavy atom. The number of benzene rings is 1. The van der Waals surface area contributed by atoms with Gasteiger partial charge in [-0.25, -0.2) is 0 Å². The van der Waals surface area contributed by atoms with Gasteiger partial charge in [0.25, 0.3) is 0 Å². The topological polar surface area (TPSA) is 96.2 Å². The summed E-state index contributed by atoms with van der Waals surface area (Å²) in [5.41, 5.74) is 0.369. The number of halogens is 1. The van der Waals surface area contributed by atoms with Crippen LogP contribution in [-0.4, -0.2) is 58.1 Å². The van der Waals surface area contributed by atoms with E-state index >= 15 is 0 Å². The summed E-state index contributed by atoms with van der Waals surface area (Å²) in [6.07, 6.45) is 0.423. The fourth-order valence-electron chi connectivity index (χ4n) is 2.58. The number of phenolic OH excluding ortho intramolecular Hbond substituents is 3. The Kier molecular flexibility index (Phi) is 6.35. The van der Waals surface area contributed by atoms with Crippen molar-refractivity contribution in [3.8, 4) is 17.2 Å². The minimum atomic E-state index is -0.257. The van der Waals surface area contributed by atoms with E-state index in [1.807, 2.05) is 0 Å². The van der Waals surface area contributed by atoms with Crippen LogP contribution in [0.4, 0.5) is 0 Å². The van der Waals surface area contributed by atoms with Gasteiger partial charge >= 0.3 is 0 Å². The number of aliphatic hydroxyl groups is 1. The molecule has 6 nitrogen and oxygen atoms in total. The van der Waals surface area contributed by atoms with Gasteiger partial charge in [-0.05, 0) is 6.42 Å². The molecule has 0 bridgehead atoms. The number of rotatable bonds is 4. The smallest absolute Gasteiger partial charge is 0.127 e. The van der Waals surface area contributed by atoms with Crippen LogP contribution in [0.25, 0.3) is 0 Å². The van der Waals surface area contributed by atoms with Gasteiger partial charge in [0.15, 0.2) is 0 Å². The monoisotopic (exact) mass is 304 g/mol. The molecular formula is C13H21ClN2O4. The third-order valence-electron chi connectivity index (χ3n) is 3.45. The third-order valence-corrected chi connectivity index (χ3v) is 3.45. The Balaban J connectivity index is 0.00000200. The summed E-state index contributed by atoms with van der Waals surface area (Å²) in [7, 11) is 0. The number of nitrogens with one attached hydrogen (secondary N) is 1. The number of nitrogens with zero attached hydrogens (tertiary/aromatic N) is 1. The average Bonchev–Trinajstić information content (AvgIpc) is 2.37. The highest BCUT2D eigenvalue weighted by molar-refractivity contribution is 5.85. The lowest BCUT2D eigenvalue weighted by Crippen LogP contribution is -2.45. The standard InChI is InChI=1S/C13H20N2O4.ClH/c16-6-1-10(15-4-2-14-3-5-15)13-11(18)7-9(17)8-12(13)19;/h7-8,10,14,16-19H,1-6H2;1H/t10-;/m1./s1. The van der Waals surface area contributed by atoms with Gasteiger partial charge in [-0.3, -0.25) is 4.90 Å². The zero-order valence-electron chi connectivity index (χ0n) is 11.1. The lowest BCUT2D eigenvalue weighted by molar-refractivity contribution is 0.137. The maximum atomic E-state index is 9.96. The van der Waals surface area contributed by atoms with Gasteiger partial charge in [-0.2, -0.15) is 0 Å². The summed E-state index contributed by atoms with van der Waals surface area (Å²) in [5.74, 6) is -0.467. The van der Waals surface area contributed by atoms with Crippen molar-refractivity contribution >= 4 is 12.4 Å². The van der Waals surface area contributed by atoms with Gasteiger partial charge in [0.1, 0.15) is 17.2 Å². The van der Waals surface area contributed by atoms with Crippen molar-refractivity contribution < 1.29 is 20.4 Å². The number of hydrogen-bond donors (Lipinski definition) is 5. The second-order valence-electron chi connectivity index (χ2n) is 4.71. The molecule has 2 rings (SSSR count). The predicted molar refractivity (Wildman–Crippen MR) is 77.6 cm³/mol. The summed E-state index contributed by atoms with van der Waals surface area (Å²) in [6, 6.07) is 2.16. The van der Waals surface area contributed by atoms with E-state index in [0.717, 1.165) is 26.2 Å². The molecule has 1 aromatic carbocycles. The summed E-state index contributed by atoms with van der Waals surface area (Å²) in [6.45, 7) is 3.20. The van der Waals surface area contributed by atoms with Crippen LogP contribution in [0.5, 0.6) is 17.2 Å². The minimum Gasteiger partial charge on any atom is -0.508 e. The maximum absolute atomic E-state index is 9.96. The van der Waals surface area contributed by atoms with Gasteiger partial charge in [0, 0.05) is 51.0 Å². The van der Waals surface area contributed by atoms with E-state index < -0.39 is 0 Å². The van der Waals surface area contributed by atoms with Gasteiger partial charge in [-0.15, -0.1) is 12.4 Å². The molecule has 1 fully saturated rings. The highest BCUT2D eigenvalue weighted by Gasteiger charge is 2.27. The van der Waals surface area contributed by atoms with Crippen LogP contribution < -0.4 is 5.32 Å². The normalized spacial score (nSPS) is 17.4. The van der Waals surface area contributed by atoms with E-state index in [1.165, 1.54) is 12.1 Å². The van der Waals surface area contributed by atoms with Crippen LogP contribution in [0.2, 0.25) is 0 Å². The fraction of sp³-hybridized carbons (Fsp3) is 0.538. The molecule has 1 aliphatic heterocycles. The Bertz CT molecular complexity index is 415. The first-order valence-corrected chi connectivity index (χ1v) is 6.44. The van der Waals surface area contributed by atoms with E-state index in [0.29, 0.717) is 12.0 Å². The molecule has 1 aliphatic rings. The van der Waals surface area contributed by atoms with E-state index in [2.05, 4.69) is 10.2 Å². The molecule has 114 valence electrons. The first-order valence-electron chi connectivity index (χ1n) is 6.44. The number of phenols is 3. The molecule has 0 aliphatic carbocycles. The average molecular weight is 305 g/mol. The second kappa shape index (κ2) is 7.54. The van der Waals surface area contributed by atoms with Crippen LogP contribution in [0.3, 0.4) is 0 Å². The second-order valence-corrected chi connectivity index (χ2v) is 4.71. The Labute approximate surface area is 124 Å². The van der Waals surface area contributed by atoms with E-state index in [4.69, 9.17) is 0 Å². The van der Waals surface area contributed by atoms with Crippen LogP contribution >= 0.6 is 12.4 Å². The summed E-state index contributed by atoms with van der Waals surface area (Å²) in [4.78, 5) is 2.11. The fourth-order valence-corrected chi connectivity index (χ4v) is 2.58. The Hall–Kier alpha value is -1.21. The molecule has 0 aromatic heterocycles. The molecule has 0 radical (unpaired) electrons. The summed E-state index contributed by atoms with van der Waals surface area (Å²) >= 11 is 0. The Morgan fingerprint density at radius 1 is 1.10 bits per heavy atom. The molecule has 0 unspecified atom stereocenters. The van der Waals surface area contributed by atoms with Crippen molar-refractivity contribution in [1.82, 2.24) is 10.2 Å². The van der Waals surface area contributed by atoms with Crippen molar-refractivity contribution in [3.63, 3.8) is 0 Å². The van der Waals surface area contributed by atoms with Crippen molar-refractivity contribution in [1.29, 1.82) is 0 Å². The van der Waals surface area contributed by atoms with E-state index in [9.17, 15) is 20.4 Å². The zero-order chi connectivity index (χ0) is 13.8. The maximum Gasteiger partial charge on any atom is 0.127 e. The number of aliphatic hydroxyl groups excluding tert-OH is 1. The minimum absolute atomic E-state index is 0. The SMILES string of the molecule is Cl.OCC[C@H](c1c(O)cc(O)cc1O)N1CCNCC1. The predicted octanol–water partition coefficient (Wildman–Crippen LogP) is 0.554. The molecule has 0 amide bonds. The van der Waals surface area contributed by atoms with Crippen LogP contribution in [-0.2, 0) is 0 Å². The molecule has 7 heteroatoms. The van der Waals surface area contributed by atoms with Crippen molar-refractivity contribution in [2.24, 2.45) is 0 Å². The molecule has 5 N–H and O–H groups in total. The first-order chi connectivity index (χ1) is 9.13. The number of piperazine rings is 1. The molecule has 0 spiro atoms. The molecular weight excluding hydrogens is 284 g/mol. The lowest BCUT2D eigenvalue weighted by atomic mass is 9.99. The number of hydrogen-bond acceptors (Lipinski definition) is 6. The summed E-state index contributed by atoms with van der Waals surface area (Å²) in [5, 5.41) is 41.7. The van der Waals surface area contributed by atoms with Crippen molar-refractivity contribution in [2.45, 2.75) is 12.5 Å². The largest absolute Gasteiger partial charge is 0.508 e. The summed E-state index contributed by atoms with van der Waals surface area (Å²) < 4.78 is 0. The molecule has 1 saturated heterocycles. The van der Waals surface area contributed by atoms with Crippen LogP contribution in [0.15, 0.2) is 12.1 Å². The van der Waals surface area contributed by atoms with Crippen molar-refractivity contribution in [3.05, 3.63) is 17.7 Å². The lowest BCUT2D eigenvalue weighted by Gasteiger charge is -2.35. The van der Waals surface area contributed by atoms with Crippen LogP contribution in [0.1, 0.15) is 18.0 Å². The number of aromatic hydroxyl groups is 3. The van der Waals surface area contributed by atoms with Gasteiger partial charge in [0.05, 0.1) is 5.56 Å². The first kappa shape index (κ1) is 16.8. The van der Waals surface area contributed by atoms with Gasteiger partial charge < -0.3 is 25.7 Å². The quantitative estimate of drug-likeness (QED) is 0.558. The van der Waals surface area contributed by atoms with Crippen LogP contribution in [0, 0.1) is 0 Å².